The number of carbonyl (C=O) groups is 1. The number of rotatable bonds is 6. The summed E-state index contributed by atoms with van der Waals surface area (Å²) in [5, 5.41) is 17.5. The van der Waals surface area contributed by atoms with Gasteiger partial charge in [-0.1, -0.05) is 66.7 Å². The van der Waals surface area contributed by atoms with Gasteiger partial charge in [0.1, 0.15) is 5.76 Å². The molecule has 0 aliphatic carbocycles. The van der Waals surface area contributed by atoms with Crippen molar-refractivity contribution in [1.29, 1.82) is 0 Å². The van der Waals surface area contributed by atoms with Gasteiger partial charge in [-0.05, 0) is 29.1 Å². The molecule has 0 saturated heterocycles. The average molecular weight is 382 g/mol. The highest BCUT2D eigenvalue weighted by Crippen LogP contribution is 2.32. The van der Waals surface area contributed by atoms with Gasteiger partial charge in [0.2, 0.25) is 0 Å². The summed E-state index contributed by atoms with van der Waals surface area (Å²) in [6.07, 6.45) is 1.22. The van der Waals surface area contributed by atoms with Gasteiger partial charge < -0.3 is 10.4 Å². The van der Waals surface area contributed by atoms with Crippen LogP contribution in [0.5, 0.6) is 0 Å². The minimum Gasteiger partial charge on any atom is -0.511 e. The summed E-state index contributed by atoms with van der Waals surface area (Å²) < 4.78 is 0. The number of aliphatic hydroxyl groups is 1. The molecule has 0 amide bonds. The van der Waals surface area contributed by atoms with E-state index in [0.717, 1.165) is 27.7 Å². The topological polar surface area (TPSA) is 62.2 Å². The molecule has 1 aromatic heterocycles. The van der Waals surface area contributed by atoms with E-state index in [4.69, 9.17) is 4.98 Å². The number of aliphatic hydroxyl groups excluding tert-OH is 1. The van der Waals surface area contributed by atoms with Gasteiger partial charge in [0, 0.05) is 23.6 Å². The maximum absolute atomic E-state index is 11.1. The van der Waals surface area contributed by atoms with Crippen molar-refractivity contribution in [3.8, 4) is 11.3 Å². The number of aromatic nitrogens is 1. The van der Waals surface area contributed by atoms with Crippen molar-refractivity contribution in [2.45, 2.75) is 13.5 Å². The number of fused-ring (bicyclic) bond motifs is 2. The van der Waals surface area contributed by atoms with Gasteiger partial charge in [-0.3, -0.25) is 9.78 Å². The minimum atomic E-state index is -0.175. The van der Waals surface area contributed by atoms with Crippen LogP contribution >= 0.6 is 0 Å². The van der Waals surface area contributed by atoms with Gasteiger partial charge in [-0.25, -0.2) is 0 Å². The fraction of sp³-hybridized carbons (Fsp3) is 0.120. The van der Waals surface area contributed by atoms with E-state index in [-0.39, 0.29) is 18.1 Å². The molecular weight excluding hydrogens is 360 g/mol. The summed E-state index contributed by atoms with van der Waals surface area (Å²) in [6, 6.07) is 24.9. The van der Waals surface area contributed by atoms with E-state index in [2.05, 4.69) is 53.8 Å². The van der Waals surface area contributed by atoms with E-state index in [0.29, 0.717) is 6.54 Å². The Kier molecular flexibility index (Phi) is 5.36. The first-order chi connectivity index (χ1) is 14.1. The summed E-state index contributed by atoms with van der Waals surface area (Å²) in [7, 11) is 0. The Balaban J connectivity index is 1.75. The van der Waals surface area contributed by atoms with Gasteiger partial charge in [0.15, 0.2) is 5.78 Å². The summed E-state index contributed by atoms with van der Waals surface area (Å²) in [5.74, 6) is -0.154. The first kappa shape index (κ1) is 18.8. The number of nitrogens with one attached hydrogen (secondary N) is 1. The summed E-state index contributed by atoms with van der Waals surface area (Å²) in [6.45, 7) is 2.12. The van der Waals surface area contributed by atoms with Crippen molar-refractivity contribution in [1.82, 2.24) is 10.3 Å². The number of pyridine rings is 1. The molecule has 0 aliphatic heterocycles. The molecule has 0 radical (unpaired) electrons. The van der Waals surface area contributed by atoms with E-state index >= 15 is 0 Å². The van der Waals surface area contributed by atoms with Gasteiger partial charge >= 0.3 is 0 Å². The number of ketones is 1. The van der Waals surface area contributed by atoms with Crippen molar-refractivity contribution in [3.63, 3.8) is 0 Å². The number of hydrogen-bond acceptors (Lipinski definition) is 4. The normalized spacial score (nSPS) is 11.8. The van der Waals surface area contributed by atoms with Crippen LogP contribution in [0.15, 0.2) is 84.6 Å². The van der Waals surface area contributed by atoms with Gasteiger partial charge in [-0.2, -0.15) is 0 Å². The van der Waals surface area contributed by atoms with E-state index in [1.807, 2.05) is 24.3 Å². The molecule has 1 heterocycles. The molecule has 0 aliphatic rings. The molecule has 0 unspecified atom stereocenters. The fourth-order valence-corrected chi connectivity index (χ4v) is 3.59. The standard InChI is InChI=1S/C25H22N2O2/c1-17(28)13-21(29)16-26-15-20-14-19-8-3-5-11-23(19)25(27-20)24-12-6-9-18-7-2-4-10-22(18)24/h2-14,26,29H,15-16H2,1H3. The van der Waals surface area contributed by atoms with Crippen LogP contribution in [0.1, 0.15) is 12.6 Å². The van der Waals surface area contributed by atoms with E-state index in [9.17, 15) is 9.90 Å². The molecular formula is C25H22N2O2. The van der Waals surface area contributed by atoms with Gasteiger partial charge in [-0.15, -0.1) is 0 Å². The van der Waals surface area contributed by atoms with Crippen LogP contribution in [0.3, 0.4) is 0 Å². The highest BCUT2D eigenvalue weighted by atomic mass is 16.3. The predicted octanol–water partition coefficient (Wildman–Crippen LogP) is 5.18. The Labute approximate surface area is 169 Å². The second-order valence-corrected chi connectivity index (χ2v) is 7.06. The zero-order chi connectivity index (χ0) is 20.2. The van der Waals surface area contributed by atoms with Crippen LogP contribution in [-0.2, 0) is 11.3 Å². The zero-order valence-electron chi connectivity index (χ0n) is 16.2. The van der Waals surface area contributed by atoms with E-state index in [1.165, 1.54) is 23.8 Å². The summed E-state index contributed by atoms with van der Waals surface area (Å²) in [5.41, 5.74) is 2.92. The molecule has 2 N–H and O–H groups in total. The average Bonchev–Trinajstić information content (AvgIpc) is 2.72. The fourth-order valence-electron chi connectivity index (χ4n) is 3.59. The monoisotopic (exact) mass is 382 g/mol. The third-order valence-corrected chi connectivity index (χ3v) is 4.82. The minimum absolute atomic E-state index is 0.0209. The Morgan fingerprint density at radius 1 is 0.966 bits per heavy atom. The van der Waals surface area contributed by atoms with Crippen LogP contribution in [0, 0.1) is 0 Å². The highest BCUT2D eigenvalue weighted by molar-refractivity contribution is 6.03. The van der Waals surface area contributed by atoms with Crippen LogP contribution in [0.25, 0.3) is 32.8 Å². The number of hydrogen-bond donors (Lipinski definition) is 2. The van der Waals surface area contributed by atoms with Crippen molar-refractivity contribution < 1.29 is 9.90 Å². The third-order valence-electron chi connectivity index (χ3n) is 4.82. The van der Waals surface area contributed by atoms with Crippen LogP contribution in [0.2, 0.25) is 0 Å². The number of allylic oxidation sites excluding steroid dienone is 1. The molecule has 0 bridgehead atoms. The molecule has 3 aromatic carbocycles. The largest absolute Gasteiger partial charge is 0.511 e. The first-order valence-electron chi connectivity index (χ1n) is 9.59. The Morgan fingerprint density at radius 2 is 1.66 bits per heavy atom. The smallest absolute Gasteiger partial charge is 0.155 e. The highest BCUT2D eigenvalue weighted by Gasteiger charge is 2.11. The van der Waals surface area contributed by atoms with Gasteiger partial charge in [0.25, 0.3) is 0 Å². The second kappa shape index (κ2) is 8.25. The molecule has 144 valence electrons. The lowest BCUT2D eigenvalue weighted by atomic mass is 9.97. The molecule has 0 atom stereocenters. The maximum atomic E-state index is 11.1. The van der Waals surface area contributed by atoms with E-state index in [1.54, 1.807) is 0 Å². The summed E-state index contributed by atoms with van der Waals surface area (Å²) >= 11 is 0. The second-order valence-electron chi connectivity index (χ2n) is 7.06. The Hall–Kier alpha value is -3.50. The lowest BCUT2D eigenvalue weighted by Crippen LogP contribution is -2.18. The molecule has 0 fully saturated rings. The lowest BCUT2D eigenvalue weighted by Gasteiger charge is -2.12. The summed E-state index contributed by atoms with van der Waals surface area (Å²) in [4.78, 5) is 16.0. The van der Waals surface area contributed by atoms with Crippen LogP contribution in [-0.4, -0.2) is 22.4 Å². The van der Waals surface area contributed by atoms with E-state index < -0.39 is 0 Å². The Bertz CT molecular complexity index is 1220. The zero-order valence-corrected chi connectivity index (χ0v) is 16.2. The lowest BCUT2D eigenvalue weighted by molar-refractivity contribution is -0.112. The molecule has 4 heteroatoms. The number of benzene rings is 3. The molecule has 4 nitrogen and oxygen atoms in total. The first-order valence-corrected chi connectivity index (χ1v) is 9.59. The van der Waals surface area contributed by atoms with Crippen molar-refractivity contribution in [2.75, 3.05) is 6.54 Å². The molecule has 0 saturated carbocycles. The molecule has 4 aromatic rings. The van der Waals surface area contributed by atoms with Crippen molar-refractivity contribution >= 4 is 27.3 Å². The van der Waals surface area contributed by atoms with Gasteiger partial charge in [0.05, 0.1) is 17.9 Å². The molecule has 0 spiro atoms. The quantitative estimate of drug-likeness (QED) is 0.356. The number of nitrogens with zero attached hydrogens (tertiary/aromatic N) is 1. The molecule has 4 rings (SSSR count). The number of carbonyl (C=O) groups excluding carboxylic acids is 1. The van der Waals surface area contributed by atoms with Crippen LogP contribution in [0.4, 0.5) is 0 Å². The maximum Gasteiger partial charge on any atom is 0.155 e. The van der Waals surface area contributed by atoms with Crippen molar-refractivity contribution in [2.24, 2.45) is 0 Å². The van der Waals surface area contributed by atoms with Crippen molar-refractivity contribution in [3.05, 3.63) is 90.3 Å². The predicted molar refractivity (Wildman–Crippen MR) is 118 cm³/mol. The third kappa shape index (κ3) is 4.18. The molecule has 29 heavy (non-hydrogen) atoms. The van der Waals surface area contributed by atoms with Crippen LogP contribution < -0.4 is 5.32 Å². The SMILES string of the molecule is CC(=O)C=C(O)CNCc1cc2ccccc2c(-c2cccc3ccccc23)n1. The Morgan fingerprint density at radius 3 is 2.45 bits per heavy atom.